The molecule has 1 aromatic heterocycles. The third kappa shape index (κ3) is 2.59. The minimum absolute atomic E-state index is 0.0283. The first-order valence-electron chi connectivity index (χ1n) is 5.26. The lowest BCUT2D eigenvalue weighted by atomic mass is 10.2. The van der Waals surface area contributed by atoms with Crippen molar-refractivity contribution in [3.63, 3.8) is 0 Å². The summed E-state index contributed by atoms with van der Waals surface area (Å²) in [5.74, 6) is 0.0283. The van der Waals surface area contributed by atoms with Gasteiger partial charge in [0.1, 0.15) is 5.69 Å². The molecule has 1 aliphatic heterocycles. The molecule has 1 amide bonds. The van der Waals surface area contributed by atoms with Crippen molar-refractivity contribution < 1.29 is 4.79 Å². The first-order chi connectivity index (χ1) is 7.66. The second-order valence-electron chi connectivity index (χ2n) is 3.96. The number of pyridine rings is 1. The number of hydrogen-bond acceptors (Lipinski definition) is 3. The van der Waals surface area contributed by atoms with Crippen LogP contribution >= 0.6 is 15.9 Å². The van der Waals surface area contributed by atoms with E-state index in [0.29, 0.717) is 5.69 Å². The summed E-state index contributed by atoms with van der Waals surface area (Å²) in [5, 5.41) is 0. The van der Waals surface area contributed by atoms with Gasteiger partial charge in [0.25, 0.3) is 5.91 Å². The Labute approximate surface area is 103 Å². The molecular weight excluding hydrogens is 270 g/mol. The van der Waals surface area contributed by atoms with Gasteiger partial charge >= 0.3 is 0 Å². The molecule has 0 radical (unpaired) electrons. The predicted octanol–water partition coefficient (Wildman–Crippen LogP) is 1.23. The van der Waals surface area contributed by atoms with Crippen molar-refractivity contribution >= 4 is 21.8 Å². The molecular formula is C11H14BrN3O. The SMILES string of the molecule is CN1CCN(C(=O)c2ccc(Br)cn2)CC1. The van der Waals surface area contributed by atoms with Crippen LogP contribution in [0.3, 0.4) is 0 Å². The predicted molar refractivity (Wildman–Crippen MR) is 65.3 cm³/mol. The lowest BCUT2D eigenvalue weighted by Crippen LogP contribution is -2.47. The maximum atomic E-state index is 12.0. The standard InChI is InChI=1S/C11H14BrN3O/c1-14-4-6-15(7-5-14)11(16)10-3-2-9(12)8-13-10/h2-3,8H,4-7H2,1H3. The molecule has 2 heterocycles. The molecule has 0 saturated carbocycles. The quantitative estimate of drug-likeness (QED) is 0.778. The van der Waals surface area contributed by atoms with Crippen molar-refractivity contribution in [3.8, 4) is 0 Å². The number of nitrogens with zero attached hydrogens (tertiary/aromatic N) is 3. The Balaban J connectivity index is 2.05. The van der Waals surface area contributed by atoms with Crippen LogP contribution in [0.4, 0.5) is 0 Å². The van der Waals surface area contributed by atoms with E-state index in [0.717, 1.165) is 30.7 Å². The van der Waals surface area contributed by atoms with Crippen LogP contribution in [0.1, 0.15) is 10.5 Å². The number of carbonyl (C=O) groups excluding carboxylic acids is 1. The van der Waals surface area contributed by atoms with Crippen molar-refractivity contribution in [2.45, 2.75) is 0 Å². The van der Waals surface area contributed by atoms with Crippen LogP contribution in [0, 0.1) is 0 Å². The molecule has 0 atom stereocenters. The Morgan fingerprint density at radius 2 is 2.00 bits per heavy atom. The van der Waals surface area contributed by atoms with E-state index in [2.05, 4.69) is 32.9 Å². The van der Waals surface area contributed by atoms with Gasteiger partial charge in [-0.25, -0.2) is 4.98 Å². The molecule has 5 heteroatoms. The van der Waals surface area contributed by atoms with Crippen LogP contribution in [-0.2, 0) is 0 Å². The smallest absolute Gasteiger partial charge is 0.272 e. The molecule has 0 spiro atoms. The number of aromatic nitrogens is 1. The average molecular weight is 284 g/mol. The summed E-state index contributed by atoms with van der Waals surface area (Å²) in [7, 11) is 2.07. The summed E-state index contributed by atoms with van der Waals surface area (Å²) in [6.45, 7) is 3.44. The van der Waals surface area contributed by atoms with E-state index in [1.54, 1.807) is 12.3 Å². The number of likely N-dealkylation sites (N-methyl/N-ethyl adjacent to an activating group) is 1. The molecule has 86 valence electrons. The molecule has 0 N–H and O–H groups in total. The molecule has 16 heavy (non-hydrogen) atoms. The number of carbonyl (C=O) groups is 1. The Morgan fingerprint density at radius 3 is 2.56 bits per heavy atom. The summed E-state index contributed by atoms with van der Waals surface area (Å²) in [4.78, 5) is 20.2. The monoisotopic (exact) mass is 283 g/mol. The first kappa shape index (κ1) is 11.5. The molecule has 0 aromatic carbocycles. The fraction of sp³-hybridized carbons (Fsp3) is 0.455. The second kappa shape index (κ2) is 4.93. The zero-order chi connectivity index (χ0) is 11.5. The van der Waals surface area contributed by atoms with E-state index < -0.39 is 0 Å². The van der Waals surface area contributed by atoms with E-state index in [1.165, 1.54) is 0 Å². The molecule has 0 aliphatic carbocycles. The summed E-state index contributed by atoms with van der Waals surface area (Å²) in [5.41, 5.74) is 0.521. The molecule has 1 fully saturated rings. The van der Waals surface area contributed by atoms with Gasteiger partial charge < -0.3 is 9.80 Å². The number of piperazine rings is 1. The number of halogens is 1. The zero-order valence-corrected chi connectivity index (χ0v) is 10.8. The third-order valence-electron chi connectivity index (χ3n) is 2.74. The van der Waals surface area contributed by atoms with Crippen molar-refractivity contribution in [1.29, 1.82) is 0 Å². The van der Waals surface area contributed by atoms with Crippen molar-refractivity contribution in [3.05, 3.63) is 28.5 Å². The molecule has 1 saturated heterocycles. The first-order valence-corrected chi connectivity index (χ1v) is 6.05. The Morgan fingerprint density at radius 1 is 1.31 bits per heavy atom. The highest BCUT2D eigenvalue weighted by Gasteiger charge is 2.20. The highest BCUT2D eigenvalue weighted by molar-refractivity contribution is 9.10. The van der Waals surface area contributed by atoms with E-state index in [1.807, 2.05) is 11.0 Å². The minimum atomic E-state index is 0.0283. The lowest BCUT2D eigenvalue weighted by Gasteiger charge is -2.32. The topological polar surface area (TPSA) is 36.4 Å². The molecule has 4 nitrogen and oxygen atoms in total. The fourth-order valence-corrected chi connectivity index (χ4v) is 1.91. The Kier molecular flexibility index (Phi) is 3.56. The summed E-state index contributed by atoms with van der Waals surface area (Å²) in [6, 6.07) is 3.60. The molecule has 1 aliphatic rings. The second-order valence-corrected chi connectivity index (χ2v) is 4.87. The average Bonchev–Trinajstić information content (AvgIpc) is 2.30. The Hall–Kier alpha value is -0.940. The molecule has 1 aromatic rings. The van der Waals surface area contributed by atoms with Crippen LogP contribution < -0.4 is 0 Å². The van der Waals surface area contributed by atoms with Gasteiger partial charge in [-0.05, 0) is 35.1 Å². The molecule has 0 unspecified atom stereocenters. The van der Waals surface area contributed by atoms with Gasteiger partial charge in [-0.1, -0.05) is 0 Å². The van der Waals surface area contributed by atoms with E-state index >= 15 is 0 Å². The highest BCUT2D eigenvalue weighted by Crippen LogP contribution is 2.10. The van der Waals surface area contributed by atoms with E-state index in [9.17, 15) is 4.79 Å². The van der Waals surface area contributed by atoms with Crippen LogP contribution in [0.15, 0.2) is 22.8 Å². The summed E-state index contributed by atoms with van der Waals surface area (Å²) >= 11 is 3.30. The van der Waals surface area contributed by atoms with Crippen LogP contribution in [0.2, 0.25) is 0 Å². The summed E-state index contributed by atoms with van der Waals surface area (Å²) < 4.78 is 0.891. The van der Waals surface area contributed by atoms with Crippen LogP contribution in [-0.4, -0.2) is 53.9 Å². The zero-order valence-electron chi connectivity index (χ0n) is 9.19. The molecule has 2 rings (SSSR count). The number of amides is 1. The number of hydrogen-bond donors (Lipinski definition) is 0. The van der Waals surface area contributed by atoms with Gasteiger partial charge in [0, 0.05) is 36.8 Å². The lowest BCUT2D eigenvalue weighted by molar-refractivity contribution is 0.0658. The van der Waals surface area contributed by atoms with E-state index in [-0.39, 0.29) is 5.91 Å². The van der Waals surface area contributed by atoms with Crippen molar-refractivity contribution in [2.75, 3.05) is 33.2 Å². The minimum Gasteiger partial charge on any atom is -0.335 e. The van der Waals surface area contributed by atoms with Crippen molar-refractivity contribution in [2.24, 2.45) is 0 Å². The normalized spacial score (nSPS) is 17.5. The van der Waals surface area contributed by atoms with Crippen LogP contribution in [0.5, 0.6) is 0 Å². The molecule has 0 bridgehead atoms. The van der Waals surface area contributed by atoms with Crippen LogP contribution in [0.25, 0.3) is 0 Å². The van der Waals surface area contributed by atoms with Gasteiger partial charge in [0.05, 0.1) is 0 Å². The third-order valence-corrected chi connectivity index (χ3v) is 3.21. The fourth-order valence-electron chi connectivity index (χ4n) is 1.67. The maximum Gasteiger partial charge on any atom is 0.272 e. The maximum absolute atomic E-state index is 12.0. The number of rotatable bonds is 1. The Bertz CT molecular complexity index is 371. The van der Waals surface area contributed by atoms with Gasteiger partial charge in [0.15, 0.2) is 0 Å². The van der Waals surface area contributed by atoms with Gasteiger partial charge in [0.2, 0.25) is 0 Å². The largest absolute Gasteiger partial charge is 0.335 e. The highest BCUT2D eigenvalue weighted by atomic mass is 79.9. The van der Waals surface area contributed by atoms with Crippen molar-refractivity contribution in [1.82, 2.24) is 14.8 Å². The van der Waals surface area contributed by atoms with Gasteiger partial charge in [-0.15, -0.1) is 0 Å². The van der Waals surface area contributed by atoms with Gasteiger partial charge in [-0.3, -0.25) is 4.79 Å². The summed E-state index contributed by atoms with van der Waals surface area (Å²) in [6.07, 6.45) is 1.66. The van der Waals surface area contributed by atoms with E-state index in [4.69, 9.17) is 0 Å². The van der Waals surface area contributed by atoms with Gasteiger partial charge in [-0.2, -0.15) is 0 Å².